The fourth-order valence-corrected chi connectivity index (χ4v) is 4.96. The molecule has 2 aliphatic rings. The van der Waals surface area contributed by atoms with Gasteiger partial charge in [0.05, 0.1) is 22.7 Å². The zero-order valence-electron chi connectivity index (χ0n) is 14.2. The first-order valence-corrected chi connectivity index (χ1v) is 9.71. The number of nitrogens with one attached hydrogen (secondary N) is 1. The van der Waals surface area contributed by atoms with Crippen molar-refractivity contribution >= 4 is 29.1 Å². The van der Waals surface area contributed by atoms with Gasteiger partial charge in [-0.2, -0.15) is 0 Å². The highest BCUT2D eigenvalue weighted by Crippen LogP contribution is 2.41. The number of carbonyl (C=O) groups excluding carboxylic acids is 1. The Balaban J connectivity index is 1.76. The van der Waals surface area contributed by atoms with Gasteiger partial charge in [-0.25, -0.2) is 0 Å². The van der Waals surface area contributed by atoms with E-state index in [1.54, 1.807) is 0 Å². The molecule has 1 saturated heterocycles. The van der Waals surface area contributed by atoms with E-state index in [-0.39, 0.29) is 22.2 Å². The van der Waals surface area contributed by atoms with Crippen molar-refractivity contribution in [3.8, 4) is 0 Å². The molecule has 1 aromatic carbocycles. The Bertz CT molecular complexity index is 568. The van der Waals surface area contributed by atoms with Crippen LogP contribution >= 0.6 is 23.2 Å². The number of hydrogen-bond acceptors (Lipinski definition) is 2. The van der Waals surface area contributed by atoms with E-state index in [9.17, 15) is 4.79 Å². The van der Waals surface area contributed by atoms with E-state index in [1.165, 1.54) is 6.42 Å². The monoisotopic (exact) mass is 368 g/mol. The van der Waals surface area contributed by atoms with Crippen molar-refractivity contribution in [3.63, 3.8) is 0 Å². The van der Waals surface area contributed by atoms with Gasteiger partial charge >= 0.3 is 0 Å². The molecule has 1 aromatic rings. The maximum atomic E-state index is 12.7. The summed E-state index contributed by atoms with van der Waals surface area (Å²) >= 11 is 12.9. The summed E-state index contributed by atoms with van der Waals surface area (Å²) in [6.45, 7) is 1.08. The molecule has 0 radical (unpaired) electrons. The molecule has 1 heterocycles. The highest BCUT2D eigenvalue weighted by molar-refractivity contribution is 6.30. The summed E-state index contributed by atoms with van der Waals surface area (Å²) in [5.74, 6) is 0.0818. The number of nitrogens with zero attached hydrogens (tertiary/aromatic N) is 1. The largest absolute Gasteiger partial charge is 0.349 e. The van der Waals surface area contributed by atoms with Crippen molar-refractivity contribution in [2.45, 2.75) is 60.9 Å². The predicted octanol–water partition coefficient (Wildman–Crippen LogP) is 3.58. The smallest absolute Gasteiger partial charge is 0.224 e. The van der Waals surface area contributed by atoms with Crippen LogP contribution in [0.3, 0.4) is 0 Å². The summed E-state index contributed by atoms with van der Waals surface area (Å²) < 4.78 is 0. The molecular formula is C19H26Cl2N2O. The number of alkyl halides is 2. The first kappa shape index (κ1) is 18.0. The van der Waals surface area contributed by atoms with Gasteiger partial charge in [-0.05, 0) is 51.3 Å². The molecule has 1 aliphatic heterocycles. The lowest BCUT2D eigenvalue weighted by molar-refractivity contribution is -0.123. The summed E-state index contributed by atoms with van der Waals surface area (Å²) in [4.78, 5) is 15.1. The van der Waals surface area contributed by atoms with Crippen molar-refractivity contribution in [1.29, 1.82) is 0 Å². The zero-order valence-corrected chi connectivity index (χ0v) is 15.7. The maximum absolute atomic E-state index is 12.7. The topological polar surface area (TPSA) is 32.3 Å². The number of halogens is 2. The molecule has 3 nitrogen and oxygen atoms in total. The molecule has 0 bridgehead atoms. The van der Waals surface area contributed by atoms with Crippen LogP contribution in [-0.4, -0.2) is 46.7 Å². The molecule has 2 unspecified atom stereocenters. The number of benzene rings is 1. The average molecular weight is 369 g/mol. The van der Waals surface area contributed by atoms with Crippen LogP contribution in [0.15, 0.2) is 30.3 Å². The summed E-state index contributed by atoms with van der Waals surface area (Å²) in [6, 6.07) is 10.2. The Morgan fingerprint density at radius 2 is 2.00 bits per heavy atom. The van der Waals surface area contributed by atoms with E-state index in [2.05, 4.69) is 17.3 Å². The number of hydrogen-bond donors (Lipinski definition) is 1. The van der Waals surface area contributed by atoms with Gasteiger partial charge in [0, 0.05) is 6.04 Å². The predicted molar refractivity (Wildman–Crippen MR) is 99.8 cm³/mol. The molecular weight excluding hydrogens is 343 g/mol. The minimum Gasteiger partial charge on any atom is -0.349 e. The maximum Gasteiger partial charge on any atom is 0.224 e. The van der Waals surface area contributed by atoms with Gasteiger partial charge in [-0.3, -0.25) is 4.79 Å². The lowest BCUT2D eigenvalue weighted by Crippen LogP contribution is -2.63. The Morgan fingerprint density at radius 3 is 2.62 bits per heavy atom. The van der Waals surface area contributed by atoms with E-state index < -0.39 is 0 Å². The number of likely N-dealkylation sites (tertiary alicyclic amines) is 1. The third kappa shape index (κ3) is 3.89. The molecule has 4 atom stereocenters. The Labute approximate surface area is 154 Å². The van der Waals surface area contributed by atoms with Gasteiger partial charge in [0.1, 0.15) is 0 Å². The second-order valence-corrected chi connectivity index (χ2v) is 8.40. The van der Waals surface area contributed by atoms with Crippen LogP contribution in [-0.2, 0) is 11.2 Å². The van der Waals surface area contributed by atoms with Crippen molar-refractivity contribution in [1.82, 2.24) is 10.2 Å². The molecule has 1 N–H and O–H groups in total. The minimum absolute atomic E-state index is 0.00229. The summed E-state index contributed by atoms with van der Waals surface area (Å²) in [6.07, 6.45) is 5.20. The van der Waals surface area contributed by atoms with E-state index in [4.69, 9.17) is 23.2 Å². The van der Waals surface area contributed by atoms with Crippen molar-refractivity contribution in [2.24, 2.45) is 0 Å². The first-order valence-electron chi connectivity index (χ1n) is 8.83. The summed E-state index contributed by atoms with van der Waals surface area (Å²) in [5, 5.41) is 3.29. The standard InChI is InChI=1S/C19H26Cl2N2O/c1-23-11-5-8-17(23)19(10-9-15(20)16(21)13-19)22-18(24)12-14-6-3-2-4-7-14/h2-4,6-7,15-17H,5,8-13H2,1H3,(H,22,24)/t15?,16-,17?,19+/m0/s1. The van der Waals surface area contributed by atoms with Crippen molar-refractivity contribution in [3.05, 3.63) is 35.9 Å². The van der Waals surface area contributed by atoms with Gasteiger partial charge in [-0.15, -0.1) is 23.2 Å². The van der Waals surface area contributed by atoms with Crippen LogP contribution in [0.1, 0.15) is 37.7 Å². The Morgan fingerprint density at radius 1 is 1.25 bits per heavy atom. The highest BCUT2D eigenvalue weighted by Gasteiger charge is 2.48. The fourth-order valence-electron chi connectivity index (χ4n) is 4.37. The minimum atomic E-state index is -0.255. The number of rotatable bonds is 4. The number of amides is 1. The molecule has 0 spiro atoms. The quantitative estimate of drug-likeness (QED) is 0.823. The zero-order chi connectivity index (χ0) is 17.2. The molecule has 24 heavy (non-hydrogen) atoms. The van der Waals surface area contributed by atoms with Gasteiger partial charge < -0.3 is 10.2 Å². The van der Waals surface area contributed by atoms with E-state index in [0.29, 0.717) is 12.5 Å². The average Bonchev–Trinajstić information content (AvgIpc) is 2.99. The second kappa shape index (κ2) is 7.63. The number of carbonyl (C=O) groups is 1. The molecule has 1 aliphatic carbocycles. The molecule has 1 saturated carbocycles. The van der Waals surface area contributed by atoms with Gasteiger partial charge in [0.2, 0.25) is 5.91 Å². The fraction of sp³-hybridized carbons (Fsp3) is 0.632. The molecule has 5 heteroatoms. The highest BCUT2D eigenvalue weighted by atomic mass is 35.5. The third-order valence-electron chi connectivity index (χ3n) is 5.57. The molecule has 3 rings (SSSR count). The summed E-state index contributed by atoms with van der Waals surface area (Å²) in [5.41, 5.74) is 0.785. The van der Waals surface area contributed by atoms with Gasteiger partial charge in [-0.1, -0.05) is 30.3 Å². The van der Waals surface area contributed by atoms with Crippen molar-refractivity contribution in [2.75, 3.05) is 13.6 Å². The first-order chi connectivity index (χ1) is 11.5. The SMILES string of the molecule is CN1CCCC1[C@@]1(NC(=O)Cc2ccccc2)CCC(Cl)[C@@H](Cl)C1. The van der Waals surface area contributed by atoms with Crippen LogP contribution < -0.4 is 5.32 Å². The Kier molecular flexibility index (Phi) is 5.74. The van der Waals surface area contributed by atoms with E-state index in [0.717, 1.165) is 37.8 Å². The van der Waals surface area contributed by atoms with Crippen molar-refractivity contribution < 1.29 is 4.79 Å². The molecule has 132 valence electrons. The van der Waals surface area contributed by atoms with Crippen LogP contribution in [0, 0.1) is 0 Å². The lowest BCUT2D eigenvalue weighted by Gasteiger charge is -2.48. The number of likely N-dealkylation sites (N-methyl/N-ethyl adjacent to an activating group) is 1. The lowest BCUT2D eigenvalue weighted by atomic mass is 9.74. The molecule has 1 amide bonds. The van der Waals surface area contributed by atoms with Crippen LogP contribution in [0.5, 0.6) is 0 Å². The van der Waals surface area contributed by atoms with Crippen LogP contribution in [0.25, 0.3) is 0 Å². The van der Waals surface area contributed by atoms with Gasteiger partial charge in [0.15, 0.2) is 0 Å². The van der Waals surface area contributed by atoms with E-state index >= 15 is 0 Å². The summed E-state index contributed by atoms with van der Waals surface area (Å²) in [7, 11) is 2.15. The Hall–Kier alpha value is -0.770. The normalized spacial score (nSPS) is 34.2. The van der Waals surface area contributed by atoms with Crippen LogP contribution in [0.2, 0.25) is 0 Å². The second-order valence-electron chi connectivity index (χ2n) is 7.28. The third-order valence-corrected chi connectivity index (χ3v) is 6.68. The van der Waals surface area contributed by atoms with E-state index in [1.807, 2.05) is 30.3 Å². The molecule has 2 fully saturated rings. The molecule has 0 aromatic heterocycles. The van der Waals surface area contributed by atoms with Gasteiger partial charge in [0.25, 0.3) is 0 Å². The van der Waals surface area contributed by atoms with Crippen LogP contribution in [0.4, 0.5) is 0 Å².